The van der Waals surface area contributed by atoms with Crippen LogP contribution in [0.25, 0.3) is 0 Å². The predicted octanol–water partition coefficient (Wildman–Crippen LogP) is 1.86. The Morgan fingerprint density at radius 2 is 1.79 bits per heavy atom. The molecule has 1 rings (SSSR count). The highest BCUT2D eigenvalue weighted by molar-refractivity contribution is 5.90. The van der Waals surface area contributed by atoms with E-state index in [1.54, 1.807) is 30.1 Å². The van der Waals surface area contributed by atoms with Gasteiger partial charge < -0.3 is 9.80 Å². The van der Waals surface area contributed by atoms with Crippen LogP contribution in [0.4, 0.5) is 10.6 Å². The minimum absolute atomic E-state index is 0. The average Bonchev–Trinajstić information content (AvgIpc) is 2.30. The summed E-state index contributed by atoms with van der Waals surface area (Å²) in [4.78, 5) is 21.8. The number of aromatic nitrogens is 1. The van der Waals surface area contributed by atoms with Crippen LogP contribution in [0.1, 0.15) is 5.56 Å². The first-order valence-electron chi connectivity index (χ1n) is 5.98. The molecule has 0 aliphatic rings. The Kier molecular flexibility index (Phi) is 7.41. The van der Waals surface area contributed by atoms with E-state index < -0.39 is 0 Å². The maximum atomic E-state index is 12.1. The summed E-state index contributed by atoms with van der Waals surface area (Å²) in [5.41, 5.74) is 1.09. The van der Waals surface area contributed by atoms with E-state index in [0.29, 0.717) is 12.4 Å². The van der Waals surface area contributed by atoms with Crippen LogP contribution in [0.3, 0.4) is 0 Å². The molecule has 0 spiro atoms. The second-order valence-corrected chi connectivity index (χ2v) is 4.83. The van der Waals surface area contributed by atoms with Crippen LogP contribution >= 0.6 is 12.4 Å². The number of carbonyl (C=O) groups excluding carboxylic acids is 1. The molecule has 0 aromatic carbocycles. The van der Waals surface area contributed by atoms with Gasteiger partial charge in [0.05, 0.1) is 0 Å². The zero-order valence-electron chi connectivity index (χ0n) is 12.3. The first kappa shape index (κ1) is 17.7. The molecule has 0 aliphatic heterocycles. The lowest BCUT2D eigenvalue weighted by atomic mass is 10.3. The van der Waals surface area contributed by atoms with Crippen molar-refractivity contribution >= 4 is 24.3 Å². The highest BCUT2D eigenvalue weighted by Gasteiger charge is 2.18. The zero-order chi connectivity index (χ0) is 13.7. The highest BCUT2D eigenvalue weighted by atomic mass is 35.5. The summed E-state index contributed by atoms with van der Waals surface area (Å²) in [6.07, 6.45) is 1.78. The van der Waals surface area contributed by atoms with Crippen LogP contribution in [0, 0.1) is 6.92 Å². The van der Waals surface area contributed by atoms with Crippen LogP contribution in [0.15, 0.2) is 18.3 Å². The summed E-state index contributed by atoms with van der Waals surface area (Å²) in [6, 6.07) is 3.80. The quantitative estimate of drug-likeness (QED) is 0.848. The number of hydrogen-bond acceptors (Lipinski definition) is 3. The van der Waals surface area contributed by atoms with Gasteiger partial charge in [-0.2, -0.15) is 0 Å². The molecular formula is C13H23ClN4O. The minimum Gasteiger partial charge on any atom is -0.330 e. The maximum Gasteiger partial charge on any atom is 0.325 e. The van der Waals surface area contributed by atoms with Gasteiger partial charge in [0, 0.05) is 33.4 Å². The van der Waals surface area contributed by atoms with Crippen LogP contribution in [0.5, 0.6) is 0 Å². The van der Waals surface area contributed by atoms with Crippen molar-refractivity contribution in [3.63, 3.8) is 0 Å². The first-order chi connectivity index (χ1) is 8.41. The van der Waals surface area contributed by atoms with Crippen LogP contribution in [-0.4, -0.2) is 62.1 Å². The fourth-order valence-corrected chi connectivity index (χ4v) is 1.47. The molecule has 0 unspecified atom stereocenters. The lowest BCUT2D eigenvalue weighted by molar-refractivity contribution is 0.222. The molecule has 2 amide bonds. The van der Waals surface area contributed by atoms with Gasteiger partial charge >= 0.3 is 6.03 Å². The molecule has 0 aliphatic carbocycles. The van der Waals surface area contributed by atoms with Gasteiger partial charge in [0.1, 0.15) is 5.82 Å². The predicted molar refractivity (Wildman–Crippen MR) is 81.2 cm³/mol. The van der Waals surface area contributed by atoms with Crippen molar-refractivity contribution in [3.8, 4) is 0 Å². The number of anilines is 1. The van der Waals surface area contributed by atoms with Gasteiger partial charge in [-0.15, -0.1) is 12.4 Å². The maximum absolute atomic E-state index is 12.1. The number of amides is 2. The SMILES string of the molecule is Cc1ccc(N(CCN(C)C)C(=O)N(C)C)nc1.Cl. The van der Waals surface area contributed by atoms with Crippen molar-refractivity contribution in [2.45, 2.75) is 6.92 Å². The van der Waals surface area contributed by atoms with E-state index in [9.17, 15) is 4.79 Å². The van der Waals surface area contributed by atoms with Crippen LogP contribution in [0.2, 0.25) is 0 Å². The number of hydrogen-bond donors (Lipinski definition) is 0. The second kappa shape index (κ2) is 7.96. The van der Waals surface area contributed by atoms with E-state index in [1.807, 2.05) is 38.1 Å². The molecule has 1 heterocycles. The van der Waals surface area contributed by atoms with Gasteiger partial charge in [0.15, 0.2) is 0 Å². The Labute approximate surface area is 121 Å². The number of likely N-dealkylation sites (N-methyl/N-ethyl adjacent to an activating group) is 1. The van der Waals surface area contributed by atoms with E-state index in [-0.39, 0.29) is 18.4 Å². The van der Waals surface area contributed by atoms with Gasteiger partial charge in [-0.25, -0.2) is 9.78 Å². The second-order valence-electron chi connectivity index (χ2n) is 4.83. The van der Waals surface area contributed by atoms with E-state index >= 15 is 0 Å². The normalized spacial score (nSPS) is 10.0. The fourth-order valence-electron chi connectivity index (χ4n) is 1.47. The van der Waals surface area contributed by atoms with E-state index in [2.05, 4.69) is 4.98 Å². The molecule has 0 saturated heterocycles. The Balaban J connectivity index is 0.00000324. The first-order valence-corrected chi connectivity index (χ1v) is 5.98. The third-order valence-corrected chi connectivity index (χ3v) is 2.56. The Morgan fingerprint density at radius 1 is 1.16 bits per heavy atom. The van der Waals surface area contributed by atoms with Crippen LogP contribution < -0.4 is 4.90 Å². The minimum atomic E-state index is -0.0480. The molecule has 6 heteroatoms. The molecule has 1 aromatic rings. The summed E-state index contributed by atoms with van der Waals surface area (Å²) >= 11 is 0. The zero-order valence-corrected chi connectivity index (χ0v) is 13.1. The molecule has 0 fully saturated rings. The van der Waals surface area contributed by atoms with Gasteiger partial charge in [-0.05, 0) is 32.6 Å². The number of urea groups is 1. The molecular weight excluding hydrogens is 264 g/mol. The summed E-state index contributed by atoms with van der Waals surface area (Å²) in [5.74, 6) is 0.696. The van der Waals surface area contributed by atoms with E-state index in [4.69, 9.17) is 0 Å². The largest absolute Gasteiger partial charge is 0.330 e. The van der Waals surface area contributed by atoms with Crippen molar-refractivity contribution in [3.05, 3.63) is 23.9 Å². The number of halogens is 1. The van der Waals surface area contributed by atoms with Gasteiger partial charge in [-0.3, -0.25) is 4.90 Å². The molecule has 5 nitrogen and oxygen atoms in total. The van der Waals surface area contributed by atoms with E-state index in [1.165, 1.54) is 0 Å². The third kappa shape index (κ3) is 5.44. The standard InChI is InChI=1S/C13H22N4O.ClH/c1-11-6-7-12(14-10-11)17(9-8-15(2)3)13(18)16(4)5;/h6-7,10H,8-9H2,1-5H3;1H. The molecule has 0 radical (unpaired) electrons. The Morgan fingerprint density at radius 3 is 2.21 bits per heavy atom. The topological polar surface area (TPSA) is 39.7 Å². The van der Waals surface area contributed by atoms with Gasteiger partial charge in [0.25, 0.3) is 0 Å². The monoisotopic (exact) mass is 286 g/mol. The van der Waals surface area contributed by atoms with E-state index in [0.717, 1.165) is 12.1 Å². The Hall–Kier alpha value is -1.33. The molecule has 0 N–H and O–H groups in total. The summed E-state index contributed by atoms with van der Waals surface area (Å²) in [5, 5.41) is 0. The van der Waals surface area contributed by atoms with Gasteiger partial charge in [-0.1, -0.05) is 6.07 Å². The van der Waals surface area contributed by atoms with Crippen molar-refractivity contribution in [1.82, 2.24) is 14.8 Å². The molecule has 0 atom stereocenters. The van der Waals surface area contributed by atoms with Crippen molar-refractivity contribution in [1.29, 1.82) is 0 Å². The number of carbonyl (C=O) groups is 1. The number of rotatable bonds is 4. The highest BCUT2D eigenvalue weighted by Crippen LogP contribution is 2.12. The molecule has 19 heavy (non-hydrogen) atoms. The van der Waals surface area contributed by atoms with Crippen molar-refractivity contribution in [2.24, 2.45) is 0 Å². The molecule has 108 valence electrons. The smallest absolute Gasteiger partial charge is 0.325 e. The summed E-state index contributed by atoms with van der Waals surface area (Å²) in [6.45, 7) is 3.41. The Bertz CT molecular complexity index is 392. The summed E-state index contributed by atoms with van der Waals surface area (Å²) in [7, 11) is 7.47. The number of nitrogens with zero attached hydrogens (tertiary/aromatic N) is 4. The van der Waals surface area contributed by atoms with Gasteiger partial charge in [0.2, 0.25) is 0 Å². The van der Waals surface area contributed by atoms with Crippen LogP contribution in [-0.2, 0) is 0 Å². The fraction of sp³-hybridized carbons (Fsp3) is 0.538. The third-order valence-electron chi connectivity index (χ3n) is 2.56. The lowest BCUT2D eigenvalue weighted by Gasteiger charge is -2.26. The molecule has 0 bridgehead atoms. The van der Waals surface area contributed by atoms with Crippen molar-refractivity contribution < 1.29 is 4.79 Å². The lowest BCUT2D eigenvalue weighted by Crippen LogP contribution is -2.43. The van der Waals surface area contributed by atoms with Crippen molar-refractivity contribution in [2.75, 3.05) is 46.2 Å². The molecule has 1 aromatic heterocycles. The number of aryl methyl sites for hydroxylation is 1. The number of pyridine rings is 1. The average molecular weight is 287 g/mol. The summed E-state index contributed by atoms with van der Waals surface area (Å²) < 4.78 is 0. The molecule has 0 saturated carbocycles.